The Bertz CT molecular complexity index is 285. The second-order valence-electron chi connectivity index (χ2n) is 3.62. The van der Waals surface area contributed by atoms with Gasteiger partial charge in [-0.3, -0.25) is 14.4 Å². The van der Waals surface area contributed by atoms with Gasteiger partial charge in [-0.15, -0.1) is 12.4 Å². The van der Waals surface area contributed by atoms with Crippen LogP contribution < -0.4 is 16.8 Å². The monoisotopic (exact) mass is 267 g/mol. The van der Waals surface area contributed by atoms with Crippen molar-refractivity contribution >= 4 is 30.2 Å². The molecular weight excluding hydrogens is 250 g/mol. The molecule has 2 atom stereocenters. The number of hydrogen-bond acceptors (Lipinski definition) is 4. The number of rotatable bonds is 7. The van der Waals surface area contributed by atoms with Crippen LogP contribution in [-0.2, 0) is 14.4 Å². The Hall–Kier alpha value is -1.34. The Morgan fingerprint density at radius 3 is 2.29 bits per heavy atom. The Kier molecular flexibility index (Phi) is 9.31. The molecule has 6 N–H and O–H groups in total. The van der Waals surface area contributed by atoms with Gasteiger partial charge in [-0.25, -0.2) is 0 Å². The van der Waals surface area contributed by atoms with Crippen molar-refractivity contribution in [3.8, 4) is 0 Å². The highest BCUT2D eigenvalue weighted by atomic mass is 35.5. The van der Waals surface area contributed by atoms with E-state index in [1.54, 1.807) is 6.92 Å². The molecule has 17 heavy (non-hydrogen) atoms. The summed E-state index contributed by atoms with van der Waals surface area (Å²) in [5.41, 5.74) is 10.3. The molecule has 0 radical (unpaired) electrons. The first-order valence-electron chi connectivity index (χ1n) is 4.89. The standard InChI is InChI=1S/C9H17N3O4.ClH/c1-5(2-3-8(14)15)12-9(16)6(10)4-7(11)13;/h5-6H,2-4,10H2,1H3,(H2,11,13)(H,12,16)(H,14,15);1H/t5-,6+;/m0./s1. The molecule has 0 rings (SSSR count). The normalized spacial score (nSPS) is 13.1. The predicted molar refractivity (Wildman–Crippen MR) is 63.5 cm³/mol. The van der Waals surface area contributed by atoms with Crippen molar-refractivity contribution in [1.82, 2.24) is 5.32 Å². The largest absolute Gasteiger partial charge is 0.481 e. The molecular formula is C9H18ClN3O4. The molecule has 100 valence electrons. The summed E-state index contributed by atoms with van der Waals surface area (Å²) < 4.78 is 0. The van der Waals surface area contributed by atoms with E-state index in [0.717, 1.165) is 0 Å². The summed E-state index contributed by atoms with van der Waals surface area (Å²) in [5, 5.41) is 10.9. The van der Waals surface area contributed by atoms with Crippen molar-refractivity contribution in [2.75, 3.05) is 0 Å². The molecule has 0 spiro atoms. The molecule has 0 saturated carbocycles. The summed E-state index contributed by atoms with van der Waals surface area (Å²) >= 11 is 0. The van der Waals surface area contributed by atoms with Crippen LogP contribution in [-0.4, -0.2) is 35.0 Å². The van der Waals surface area contributed by atoms with Crippen LogP contribution >= 0.6 is 12.4 Å². The second kappa shape index (κ2) is 8.77. The first kappa shape index (κ1) is 18.0. The quantitative estimate of drug-likeness (QED) is 0.468. The summed E-state index contributed by atoms with van der Waals surface area (Å²) in [6, 6.07) is -1.28. The molecule has 0 aromatic carbocycles. The number of nitrogens with one attached hydrogen (secondary N) is 1. The van der Waals surface area contributed by atoms with E-state index in [4.69, 9.17) is 16.6 Å². The Balaban J connectivity index is 0. The van der Waals surface area contributed by atoms with Crippen molar-refractivity contribution in [3.05, 3.63) is 0 Å². The van der Waals surface area contributed by atoms with Gasteiger partial charge in [0.05, 0.1) is 12.5 Å². The lowest BCUT2D eigenvalue weighted by Gasteiger charge is -2.15. The molecule has 0 aliphatic carbocycles. The molecule has 7 nitrogen and oxygen atoms in total. The van der Waals surface area contributed by atoms with Gasteiger partial charge in [0.2, 0.25) is 11.8 Å². The lowest BCUT2D eigenvalue weighted by atomic mass is 10.1. The summed E-state index contributed by atoms with van der Waals surface area (Å²) in [6.45, 7) is 1.66. The van der Waals surface area contributed by atoms with Crippen LogP contribution in [0, 0.1) is 0 Å². The minimum absolute atomic E-state index is 0. The fourth-order valence-electron chi connectivity index (χ4n) is 1.07. The van der Waals surface area contributed by atoms with Crippen LogP contribution in [0.15, 0.2) is 0 Å². The topological polar surface area (TPSA) is 136 Å². The van der Waals surface area contributed by atoms with Gasteiger partial charge in [0, 0.05) is 12.5 Å². The number of primary amides is 1. The van der Waals surface area contributed by atoms with Crippen LogP contribution in [0.1, 0.15) is 26.2 Å². The smallest absolute Gasteiger partial charge is 0.303 e. The minimum atomic E-state index is -0.982. The molecule has 0 heterocycles. The molecule has 2 amide bonds. The molecule has 0 fully saturated rings. The van der Waals surface area contributed by atoms with E-state index in [1.807, 2.05) is 0 Å². The highest BCUT2D eigenvalue weighted by Gasteiger charge is 2.17. The SMILES string of the molecule is C[C@@H](CCC(=O)O)NC(=O)[C@H](N)CC(N)=O.Cl. The highest BCUT2D eigenvalue weighted by Crippen LogP contribution is 1.97. The third-order valence-corrected chi connectivity index (χ3v) is 1.94. The first-order valence-corrected chi connectivity index (χ1v) is 4.89. The van der Waals surface area contributed by atoms with E-state index >= 15 is 0 Å². The van der Waals surface area contributed by atoms with E-state index in [1.165, 1.54) is 0 Å². The number of carboxylic acids is 1. The number of halogens is 1. The lowest BCUT2D eigenvalue weighted by molar-refractivity contribution is -0.137. The number of amides is 2. The van der Waals surface area contributed by atoms with Crippen molar-refractivity contribution in [2.24, 2.45) is 11.5 Å². The molecule has 0 aliphatic heterocycles. The molecule has 8 heteroatoms. The maximum Gasteiger partial charge on any atom is 0.303 e. The lowest BCUT2D eigenvalue weighted by Crippen LogP contribution is -2.46. The van der Waals surface area contributed by atoms with Gasteiger partial charge in [0.25, 0.3) is 0 Å². The zero-order chi connectivity index (χ0) is 12.7. The molecule has 0 aromatic rings. The van der Waals surface area contributed by atoms with E-state index < -0.39 is 23.8 Å². The third kappa shape index (κ3) is 9.58. The van der Waals surface area contributed by atoms with E-state index in [-0.39, 0.29) is 31.3 Å². The van der Waals surface area contributed by atoms with E-state index in [9.17, 15) is 14.4 Å². The maximum absolute atomic E-state index is 11.3. The third-order valence-electron chi connectivity index (χ3n) is 1.94. The molecule has 0 unspecified atom stereocenters. The number of nitrogens with two attached hydrogens (primary N) is 2. The van der Waals surface area contributed by atoms with Crippen LogP contribution in [0.5, 0.6) is 0 Å². The second-order valence-corrected chi connectivity index (χ2v) is 3.62. The Labute approximate surface area is 105 Å². The molecule has 0 aromatic heterocycles. The van der Waals surface area contributed by atoms with Gasteiger partial charge in [-0.1, -0.05) is 0 Å². The number of carboxylic acid groups (broad SMARTS) is 1. The average Bonchev–Trinajstić information content (AvgIpc) is 2.13. The van der Waals surface area contributed by atoms with E-state index in [0.29, 0.717) is 6.42 Å². The Morgan fingerprint density at radius 2 is 1.88 bits per heavy atom. The predicted octanol–water partition coefficient (Wildman–Crippen LogP) is -1.02. The van der Waals surface area contributed by atoms with Gasteiger partial charge in [-0.05, 0) is 13.3 Å². The van der Waals surface area contributed by atoms with Crippen molar-refractivity contribution in [1.29, 1.82) is 0 Å². The number of carbonyl (C=O) groups excluding carboxylic acids is 2. The van der Waals surface area contributed by atoms with Gasteiger partial charge in [0.1, 0.15) is 0 Å². The van der Waals surface area contributed by atoms with Crippen LogP contribution in [0.4, 0.5) is 0 Å². The highest BCUT2D eigenvalue weighted by molar-refractivity contribution is 5.87. The summed E-state index contributed by atoms with van der Waals surface area (Å²) in [6.07, 6.45) is 0.0500. The van der Waals surface area contributed by atoms with Crippen molar-refractivity contribution in [2.45, 2.75) is 38.3 Å². The summed E-state index contributed by atoms with van der Waals surface area (Å²) in [5.74, 6) is -2.08. The number of carbonyl (C=O) groups is 3. The zero-order valence-corrected chi connectivity index (χ0v) is 10.3. The number of aliphatic carboxylic acids is 1. The van der Waals surface area contributed by atoms with Gasteiger partial charge in [0.15, 0.2) is 0 Å². The average molecular weight is 268 g/mol. The van der Waals surface area contributed by atoms with Crippen LogP contribution in [0.2, 0.25) is 0 Å². The Morgan fingerprint density at radius 1 is 1.35 bits per heavy atom. The van der Waals surface area contributed by atoms with Gasteiger partial charge < -0.3 is 21.9 Å². The van der Waals surface area contributed by atoms with Crippen LogP contribution in [0.3, 0.4) is 0 Å². The maximum atomic E-state index is 11.3. The van der Waals surface area contributed by atoms with Crippen LogP contribution in [0.25, 0.3) is 0 Å². The number of hydrogen-bond donors (Lipinski definition) is 4. The zero-order valence-electron chi connectivity index (χ0n) is 9.51. The molecule has 0 aliphatic rings. The van der Waals surface area contributed by atoms with Crippen molar-refractivity contribution in [3.63, 3.8) is 0 Å². The first-order chi connectivity index (χ1) is 7.32. The van der Waals surface area contributed by atoms with E-state index in [2.05, 4.69) is 5.32 Å². The summed E-state index contributed by atoms with van der Waals surface area (Å²) in [4.78, 5) is 32.1. The van der Waals surface area contributed by atoms with Crippen molar-refractivity contribution < 1.29 is 19.5 Å². The fraction of sp³-hybridized carbons (Fsp3) is 0.667. The summed E-state index contributed by atoms with van der Waals surface area (Å²) in [7, 11) is 0. The van der Waals surface area contributed by atoms with Gasteiger partial charge in [-0.2, -0.15) is 0 Å². The fourth-order valence-corrected chi connectivity index (χ4v) is 1.07. The molecule has 0 bridgehead atoms. The van der Waals surface area contributed by atoms with Gasteiger partial charge >= 0.3 is 5.97 Å². The minimum Gasteiger partial charge on any atom is -0.481 e. The molecule has 0 saturated heterocycles.